The Morgan fingerprint density at radius 1 is 1.20 bits per heavy atom. The molecule has 1 aliphatic rings. The van der Waals surface area contributed by atoms with Crippen molar-refractivity contribution in [3.63, 3.8) is 0 Å². The van der Waals surface area contributed by atoms with Gasteiger partial charge in [0.25, 0.3) is 0 Å². The summed E-state index contributed by atoms with van der Waals surface area (Å²) in [5.74, 6) is 0. The van der Waals surface area contributed by atoms with E-state index in [1.165, 1.54) is 16.8 Å². The molecule has 0 atom stereocenters. The van der Waals surface area contributed by atoms with Crippen molar-refractivity contribution < 1.29 is 0 Å². The first kappa shape index (κ1) is 15.1. The summed E-state index contributed by atoms with van der Waals surface area (Å²) in [6, 6.07) is 6.62. The van der Waals surface area contributed by atoms with Gasteiger partial charge in [-0.25, -0.2) is 0 Å². The van der Waals surface area contributed by atoms with Gasteiger partial charge in [-0.15, -0.1) is 6.58 Å². The Morgan fingerprint density at radius 3 is 2.65 bits per heavy atom. The molecule has 1 aromatic rings. The molecule has 110 valence electrons. The van der Waals surface area contributed by atoms with Crippen LogP contribution in [0.15, 0.2) is 30.9 Å². The van der Waals surface area contributed by atoms with Crippen LogP contribution in [0.25, 0.3) is 0 Å². The number of nitrogens with one attached hydrogen (secondary N) is 1. The molecule has 0 aromatic heterocycles. The van der Waals surface area contributed by atoms with Gasteiger partial charge in [-0.05, 0) is 31.0 Å². The van der Waals surface area contributed by atoms with Crippen LogP contribution < -0.4 is 10.2 Å². The first-order chi connectivity index (χ1) is 9.72. The Labute approximate surface area is 123 Å². The van der Waals surface area contributed by atoms with Gasteiger partial charge >= 0.3 is 0 Å². The molecule has 3 heteroatoms. The van der Waals surface area contributed by atoms with Crippen molar-refractivity contribution in [2.24, 2.45) is 0 Å². The van der Waals surface area contributed by atoms with Gasteiger partial charge in [0, 0.05) is 51.5 Å². The smallest absolute Gasteiger partial charge is 0.0399 e. The maximum atomic E-state index is 3.72. The molecule has 1 saturated heterocycles. The molecular formula is C17H27N3. The number of benzene rings is 1. The number of piperazine rings is 1. The number of nitrogens with zero attached hydrogens (tertiary/aromatic N) is 2. The zero-order valence-electron chi connectivity index (χ0n) is 12.9. The molecular weight excluding hydrogens is 246 g/mol. The highest BCUT2D eigenvalue weighted by Crippen LogP contribution is 2.23. The summed E-state index contributed by atoms with van der Waals surface area (Å²) in [6.45, 7) is 15.8. The normalized spacial score (nSPS) is 16.4. The van der Waals surface area contributed by atoms with Crippen LogP contribution in [0, 0.1) is 13.8 Å². The molecule has 0 bridgehead atoms. The van der Waals surface area contributed by atoms with Gasteiger partial charge in [0.15, 0.2) is 0 Å². The summed E-state index contributed by atoms with van der Waals surface area (Å²) in [4.78, 5) is 5.06. The molecule has 1 aliphatic heterocycles. The summed E-state index contributed by atoms with van der Waals surface area (Å²) in [7, 11) is 0. The standard InChI is InChI=1S/C17H27N3/c1-4-8-18-9-10-19-11-13-20(14-12-19)17-7-5-6-15(2)16(17)3/h4-7,18H,1,8-14H2,2-3H3. The van der Waals surface area contributed by atoms with Crippen LogP contribution in [0.1, 0.15) is 11.1 Å². The number of hydrogen-bond acceptors (Lipinski definition) is 3. The largest absolute Gasteiger partial charge is 0.369 e. The number of aryl methyl sites for hydroxylation is 1. The van der Waals surface area contributed by atoms with E-state index in [2.05, 4.69) is 53.7 Å². The average molecular weight is 273 g/mol. The van der Waals surface area contributed by atoms with E-state index in [4.69, 9.17) is 0 Å². The molecule has 0 aliphatic carbocycles. The number of rotatable bonds is 6. The SMILES string of the molecule is C=CCNCCN1CCN(c2cccc(C)c2C)CC1. The van der Waals surface area contributed by atoms with Crippen LogP contribution in [0.3, 0.4) is 0 Å². The van der Waals surface area contributed by atoms with Crippen molar-refractivity contribution in [1.29, 1.82) is 0 Å². The quantitative estimate of drug-likeness (QED) is 0.633. The Hall–Kier alpha value is -1.32. The first-order valence-electron chi connectivity index (χ1n) is 7.57. The Balaban J connectivity index is 1.82. The molecule has 3 nitrogen and oxygen atoms in total. The molecule has 1 fully saturated rings. The van der Waals surface area contributed by atoms with Gasteiger partial charge < -0.3 is 10.2 Å². The second-order valence-corrected chi connectivity index (χ2v) is 5.54. The fourth-order valence-electron chi connectivity index (χ4n) is 2.73. The zero-order valence-corrected chi connectivity index (χ0v) is 12.9. The highest BCUT2D eigenvalue weighted by molar-refractivity contribution is 5.56. The topological polar surface area (TPSA) is 18.5 Å². The third-order valence-corrected chi connectivity index (χ3v) is 4.18. The molecule has 2 rings (SSSR count). The zero-order chi connectivity index (χ0) is 14.4. The molecule has 0 unspecified atom stereocenters. The molecule has 20 heavy (non-hydrogen) atoms. The third kappa shape index (κ3) is 3.84. The van der Waals surface area contributed by atoms with Crippen LogP contribution >= 0.6 is 0 Å². The van der Waals surface area contributed by atoms with Crippen molar-refractivity contribution in [3.8, 4) is 0 Å². The predicted molar refractivity (Wildman–Crippen MR) is 87.6 cm³/mol. The highest BCUT2D eigenvalue weighted by atomic mass is 15.3. The van der Waals surface area contributed by atoms with E-state index in [1.54, 1.807) is 0 Å². The maximum Gasteiger partial charge on any atom is 0.0399 e. The van der Waals surface area contributed by atoms with E-state index in [0.717, 1.165) is 45.8 Å². The molecule has 0 amide bonds. The van der Waals surface area contributed by atoms with Crippen molar-refractivity contribution in [3.05, 3.63) is 42.0 Å². The van der Waals surface area contributed by atoms with Crippen molar-refractivity contribution in [1.82, 2.24) is 10.2 Å². The Morgan fingerprint density at radius 2 is 1.95 bits per heavy atom. The molecule has 1 N–H and O–H groups in total. The van der Waals surface area contributed by atoms with Gasteiger partial charge in [0.1, 0.15) is 0 Å². The highest BCUT2D eigenvalue weighted by Gasteiger charge is 2.18. The molecule has 1 aromatic carbocycles. The number of anilines is 1. The summed E-state index contributed by atoms with van der Waals surface area (Å²) in [6.07, 6.45) is 1.92. The predicted octanol–water partition coefficient (Wildman–Crippen LogP) is 2.20. The monoisotopic (exact) mass is 273 g/mol. The van der Waals surface area contributed by atoms with E-state index in [1.807, 2.05) is 6.08 Å². The van der Waals surface area contributed by atoms with E-state index >= 15 is 0 Å². The Bertz CT molecular complexity index is 434. The fraction of sp³-hybridized carbons (Fsp3) is 0.529. The second-order valence-electron chi connectivity index (χ2n) is 5.54. The summed E-state index contributed by atoms with van der Waals surface area (Å²) >= 11 is 0. The van der Waals surface area contributed by atoms with Crippen molar-refractivity contribution in [2.75, 3.05) is 50.7 Å². The summed E-state index contributed by atoms with van der Waals surface area (Å²) in [5.41, 5.74) is 4.22. The van der Waals surface area contributed by atoms with Crippen LogP contribution in [-0.4, -0.2) is 50.7 Å². The minimum atomic E-state index is 0.905. The van der Waals surface area contributed by atoms with Gasteiger partial charge in [0.05, 0.1) is 0 Å². The molecule has 0 saturated carbocycles. The summed E-state index contributed by atoms with van der Waals surface area (Å²) in [5, 5.41) is 3.37. The Kier molecular flexibility index (Phi) is 5.62. The minimum Gasteiger partial charge on any atom is -0.369 e. The maximum absolute atomic E-state index is 3.72. The summed E-state index contributed by atoms with van der Waals surface area (Å²) < 4.78 is 0. The van der Waals surface area contributed by atoms with Crippen molar-refractivity contribution in [2.45, 2.75) is 13.8 Å². The van der Waals surface area contributed by atoms with Gasteiger partial charge in [-0.2, -0.15) is 0 Å². The van der Waals surface area contributed by atoms with Crippen LogP contribution in [0.4, 0.5) is 5.69 Å². The lowest BCUT2D eigenvalue weighted by atomic mass is 10.1. The van der Waals surface area contributed by atoms with E-state index < -0.39 is 0 Å². The van der Waals surface area contributed by atoms with Crippen LogP contribution in [0.5, 0.6) is 0 Å². The second kappa shape index (κ2) is 7.46. The molecule has 1 heterocycles. The number of hydrogen-bond donors (Lipinski definition) is 1. The molecule has 0 radical (unpaired) electrons. The minimum absolute atomic E-state index is 0.905. The molecule has 0 spiro atoms. The van der Waals surface area contributed by atoms with Gasteiger partial charge in [0.2, 0.25) is 0 Å². The lowest BCUT2D eigenvalue weighted by Crippen LogP contribution is -2.48. The fourth-order valence-corrected chi connectivity index (χ4v) is 2.73. The van der Waals surface area contributed by atoms with E-state index in [9.17, 15) is 0 Å². The third-order valence-electron chi connectivity index (χ3n) is 4.18. The van der Waals surface area contributed by atoms with Crippen LogP contribution in [0.2, 0.25) is 0 Å². The average Bonchev–Trinajstić information content (AvgIpc) is 2.47. The van der Waals surface area contributed by atoms with Crippen molar-refractivity contribution >= 4 is 5.69 Å². The van der Waals surface area contributed by atoms with E-state index in [-0.39, 0.29) is 0 Å². The van der Waals surface area contributed by atoms with Gasteiger partial charge in [-0.1, -0.05) is 18.2 Å². The first-order valence-corrected chi connectivity index (χ1v) is 7.57. The lowest BCUT2D eigenvalue weighted by Gasteiger charge is -2.37. The van der Waals surface area contributed by atoms with E-state index in [0.29, 0.717) is 0 Å². The van der Waals surface area contributed by atoms with Crippen LogP contribution in [-0.2, 0) is 0 Å². The lowest BCUT2D eigenvalue weighted by molar-refractivity contribution is 0.258. The van der Waals surface area contributed by atoms with Gasteiger partial charge in [-0.3, -0.25) is 4.90 Å².